The molecule has 0 aliphatic carbocycles. The van der Waals surface area contributed by atoms with Gasteiger partial charge in [-0.1, -0.05) is 36.1 Å². The van der Waals surface area contributed by atoms with Crippen LogP contribution in [0.1, 0.15) is 22.3 Å². The van der Waals surface area contributed by atoms with Crippen molar-refractivity contribution in [3.8, 4) is 17.9 Å². The molecule has 2 amide bonds. The molecule has 0 saturated carbocycles. The molecule has 8 heteroatoms. The fourth-order valence-corrected chi connectivity index (χ4v) is 3.14. The monoisotopic (exact) mass is 417 g/mol. The third-order valence-corrected chi connectivity index (χ3v) is 4.70. The summed E-state index contributed by atoms with van der Waals surface area (Å²) in [6.07, 6.45) is -4.41. The predicted octanol–water partition coefficient (Wildman–Crippen LogP) is 4.16. The van der Waals surface area contributed by atoms with Gasteiger partial charge in [0.15, 0.2) is 0 Å². The van der Waals surface area contributed by atoms with E-state index in [1.54, 1.807) is 17.8 Å². The molecule has 0 unspecified atom stereocenters. The van der Waals surface area contributed by atoms with Gasteiger partial charge in [0, 0.05) is 23.6 Å². The van der Waals surface area contributed by atoms with E-state index in [1.807, 2.05) is 18.2 Å². The number of hydrogen-bond donors (Lipinski definition) is 2. The van der Waals surface area contributed by atoms with Crippen molar-refractivity contribution in [3.63, 3.8) is 0 Å². The molecule has 0 aliphatic heterocycles. The minimum absolute atomic E-state index is 0.0186. The number of rotatable bonds is 6. The fourth-order valence-electron chi connectivity index (χ4n) is 2.28. The first-order valence-electron chi connectivity index (χ1n) is 8.63. The minimum atomic E-state index is -4.41. The maximum absolute atomic E-state index is 12.6. The van der Waals surface area contributed by atoms with Crippen LogP contribution in [0, 0.1) is 23.2 Å². The van der Waals surface area contributed by atoms with Gasteiger partial charge in [0.1, 0.15) is 0 Å². The molecule has 2 rings (SSSR count). The van der Waals surface area contributed by atoms with Crippen LogP contribution in [0.25, 0.3) is 0 Å². The second-order valence-electron chi connectivity index (χ2n) is 5.81. The lowest BCUT2D eigenvalue weighted by atomic mass is 10.1. The third kappa shape index (κ3) is 7.81. The Bertz CT molecular complexity index is 942. The fraction of sp³-hybridized carbons (Fsp3) is 0.238. The predicted molar refractivity (Wildman–Crippen MR) is 107 cm³/mol. The van der Waals surface area contributed by atoms with Crippen LogP contribution >= 0.6 is 11.8 Å². The number of alkyl halides is 3. The molecule has 150 valence electrons. The summed E-state index contributed by atoms with van der Waals surface area (Å²) in [6, 6.07) is 13.8. The van der Waals surface area contributed by atoms with Gasteiger partial charge < -0.3 is 10.6 Å². The van der Waals surface area contributed by atoms with Gasteiger partial charge in [0.05, 0.1) is 23.7 Å². The summed E-state index contributed by atoms with van der Waals surface area (Å²) in [5.41, 5.74) is 1.07. The smallest absolute Gasteiger partial charge is 0.337 e. The van der Waals surface area contributed by atoms with Gasteiger partial charge in [0.2, 0.25) is 0 Å². The van der Waals surface area contributed by atoms with E-state index in [1.165, 1.54) is 12.1 Å². The zero-order chi connectivity index (χ0) is 21.1. The molecule has 0 aliphatic rings. The number of nitriles is 1. The average molecular weight is 417 g/mol. The molecule has 0 radical (unpaired) electrons. The SMILES string of the molecule is N#Cc1ccccc1CSCCNC(=O)NCC#Cc1cccc(C(F)(F)F)c1. The van der Waals surface area contributed by atoms with Gasteiger partial charge in [-0.05, 0) is 29.8 Å². The van der Waals surface area contributed by atoms with E-state index in [9.17, 15) is 18.0 Å². The van der Waals surface area contributed by atoms with Crippen LogP contribution in [-0.4, -0.2) is 24.9 Å². The molecule has 2 aromatic carbocycles. The molecule has 4 nitrogen and oxygen atoms in total. The van der Waals surface area contributed by atoms with Crippen molar-refractivity contribution in [2.75, 3.05) is 18.8 Å². The van der Waals surface area contributed by atoms with Crippen LogP contribution in [-0.2, 0) is 11.9 Å². The third-order valence-electron chi connectivity index (χ3n) is 3.69. The molecule has 0 atom stereocenters. The lowest BCUT2D eigenvalue weighted by molar-refractivity contribution is -0.137. The second-order valence-corrected chi connectivity index (χ2v) is 6.92. The molecule has 0 aromatic heterocycles. The highest BCUT2D eigenvalue weighted by atomic mass is 32.2. The summed E-state index contributed by atoms with van der Waals surface area (Å²) in [4.78, 5) is 11.7. The van der Waals surface area contributed by atoms with Crippen molar-refractivity contribution < 1.29 is 18.0 Å². The lowest BCUT2D eigenvalue weighted by Gasteiger charge is -2.06. The first kappa shape index (κ1) is 22.2. The first-order valence-corrected chi connectivity index (χ1v) is 9.79. The zero-order valence-electron chi connectivity index (χ0n) is 15.3. The number of amides is 2. The van der Waals surface area contributed by atoms with Crippen LogP contribution in [0.5, 0.6) is 0 Å². The quantitative estimate of drug-likeness (QED) is 0.548. The van der Waals surface area contributed by atoms with Crippen LogP contribution in [0.3, 0.4) is 0 Å². The molecule has 29 heavy (non-hydrogen) atoms. The molecule has 0 saturated heterocycles. The first-order chi connectivity index (χ1) is 13.9. The summed E-state index contributed by atoms with van der Waals surface area (Å²) < 4.78 is 37.9. The van der Waals surface area contributed by atoms with Crippen LogP contribution in [0.15, 0.2) is 48.5 Å². The number of nitrogens with zero attached hydrogens (tertiary/aromatic N) is 1. The van der Waals surface area contributed by atoms with Gasteiger partial charge in [0.25, 0.3) is 0 Å². The van der Waals surface area contributed by atoms with E-state index < -0.39 is 17.8 Å². The van der Waals surface area contributed by atoms with Crippen molar-refractivity contribution >= 4 is 17.8 Å². The van der Waals surface area contributed by atoms with E-state index in [4.69, 9.17) is 5.26 Å². The highest BCUT2D eigenvalue weighted by Crippen LogP contribution is 2.29. The highest BCUT2D eigenvalue weighted by molar-refractivity contribution is 7.98. The van der Waals surface area contributed by atoms with Gasteiger partial charge >= 0.3 is 12.2 Å². The van der Waals surface area contributed by atoms with Crippen molar-refractivity contribution in [2.24, 2.45) is 0 Å². The van der Waals surface area contributed by atoms with Crippen LogP contribution in [0.4, 0.5) is 18.0 Å². The molecule has 2 N–H and O–H groups in total. The van der Waals surface area contributed by atoms with Gasteiger partial charge in [-0.25, -0.2) is 4.79 Å². The van der Waals surface area contributed by atoms with Gasteiger partial charge in [-0.15, -0.1) is 0 Å². The molecule has 0 spiro atoms. The number of halogens is 3. The Kier molecular flexibility index (Phi) is 8.45. The number of carbonyl (C=O) groups excluding carboxylic acids is 1. The summed E-state index contributed by atoms with van der Waals surface area (Å²) >= 11 is 1.59. The van der Waals surface area contributed by atoms with Gasteiger partial charge in [-0.2, -0.15) is 30.2 Å². The standard InChI is InChI=1S/C21H18F3N3OS/c22-21(23,24)19-9-3-5-16(13-19)6-4-10-26-20(28)27-11-12-29-15-18-8-2-1-7-17(18)14-25/h1-3,5,7-9,13H,10-12,15H2,(H2,26,27,28). The number of benzene rings is 2. The van der Waals surface area contributed by atoms with E-state index in [0.717, 1.165) is 17.7 Å². The molecule has 2 aromatic rings. The normalized spacial score (nSPS) is 10.4. The Morgan fingerprint density at radius 2 is 1.90 bits per heavy atom. The van der Waals surface area contributed by atoms with E-state index >= 15 is 0 Å². The van der Waals surface area contributed by atoms with E-state index in [-0.39, 0.29) is 12.1 Å². The van der Waals surface area contributed by atoms with E-state index in [2.05, 4.69) is 28.5 Å². The van der Waals surface area contributed by atoms with Crippen molar-refractivity contribution in [1.29, 1.82) is 5.26 Å². The molecule has 0 heterocycles. The second kappa shape index (κ2) is 11.0. The number of nitrogens with one attached hydrogen (secondary N) is 2. The molecule has 0 fully saturated rings. The topological polar surface area (TPSA) is 64.9 Å². The Morgan fingerprint density at radius 1 is 1.10 bits per heavy atom. The Labute approximate surface area is 171 Å². The maximum atomic E-state index is 12.6. The van der Waals surface area contributed by atoms with E-state index in [0.29, 0.717) is 23.6 Å². The number of thioether (sulfide) groups is 1. The van der Waals surface area contributed by atoms with Crippen molar-refractivity contribution in [3.05, 3.63) is 70.8 Å². The average Bonchev–Trinajstić information content (AvgIpc) is 2.71. The Morgan fingerprint density at radius 3 is 2.66 bits per heavy atom. The Balaban J connectivity index is 1.66. The van der Waals surface area contributed by atoms with Gasteiger partial charge in [-0.3, -0.25) is 0 Å². The maximum Gasteiger partial charge on any atom is 0.416 e. The molecular formula is C21H18F3N3OS. The summed E-state index contributed by atoms with van der Waals surface area (Å²) in [7, 11) is 0. The Hall–Kier alpha value is -3.10. The van der Waals surface area contributed by atoms with Crippen LogP contribution in [0.2, 0.25) is 0 Å². The summed E-state index contributed by atoms with van der Waals surface area (Å²) in [6.45, 7) is 0.455. The van der Waals surface area contributed by atoms with Crippen molar-refractivity contribution in [1.82, 2.24) is 10.6 Å². The number of carbonyl (C=O) groups is 1. The number of urea groups is 1. The highest BCUT2D eigenvalue weighted by Gasteiger charge is 2.30. The zero-order valence-corrected chi connectivity index (χ0v) is 16.2. The molecule has 0 bridgehead atoms. The largest absolute Gasteiger partial charge is 0.416 e. The summed E-state index contributed by atoms with van der Waals surface area (Å²) in [5, 5.41) is 14.2. The number of hydrogen-bond acceptors (Lipinski definition) is 3. The minimum Gasteiger partial charge on any atom is -0.337 e. The molecular weight excluding hydrogens is 399 g/mol. The lowest BCUT2D eigenvalue weighted by Crippen LogP contribution is -2.36. The van der Waals surface area contributed by atoms with Crippen molar-refractivity contribution in [2.45, 2.75) is 11.9 Å². The summed E-state index contributed by atoms with van der Waals surface area (Å²) in [5.74, 6) is 6.56. The van der Waals surface area contributed by atoms with Crippen LogP contribution < -0.4 is 10.6 Å².